The Morgan fingerprint density at radius 1 is 1.37 bits per heavy atom. The van der Waals surface area contributed by atoms with Crippen LogP contribution in [-0.4, -0.2) is 54.9 Å². The van der Waals surface area contributed by atoms with Crippen LogP contribution in [0.25, 0.3) is 22.2 Å². The van der Waals surface area contributed by atoms with Gasteiger partial charge >= 0.3 is 0 Å². The van der Waals surface area contributed by atoms with Crippen molar-refractivity contribution in [1.82, 2.24) is 35.3 Å². The van der Waals surface area contributed by atoms with Crippen molar-refractivity contribution in [2.24, 2.45) is 5.16 Å². The second-order valence-electron chi connectivity index (χ2n) is 7.19. The fraction of sp³-hybridized carbons (Fsp3) is 0.300. The summed E-state index contributed by atoms with van der Waals surface area (Å²) >= 11 is 0. The van der Waals surface area contributed by atoms with E-state index in [9.17, 15) is 4.39 Å². The lowest BCUT2D eigenvalue weighted by Gasteiger charge is -2.08. The second-order valence-corrected chi connectivity index (χ2v) is 7.19. The summed E-state index contributed by atoms with van der Waals surface area (Å²) in [5.41, 5.74) is 3.07. The average molecular weight is 406 g/mol. The van der Waals surface area contributed by atoms with Gasteiger partial charge in [0.05, 0.1) is 18.3 Å². The smallest absolute Gasteiger partial charge is 0.221 e. The molecule has 0 aliphatic carbocycles. The lowest BCUT2D eigenvalue weighted by atomic mass is 10.1. The van der Waals surface area contributed by atoms with Crippen molar-refractivity contribution in [3.8, 4) is 0 Å². The maximum absolute atomic E-state index is 14.6. The summed E-state index contributed by atoms with van der Waals surface area (Å²) in [4.78, 5) is 18.6. The molecule has 4 heterocycles. The van der Waals surface area contributed by atoms with E-state index in [0.717, 1.165) is 24.9 Å². The number of fused-ring (bicyclic) bond motifs is 2. The fourth-order valence-corrected chi connectivity index (χ4v) is 3.38. The topological polar surface area (TPSA) is 103 Å². The Kier molecular flexibility index (Phi) is 4.75. The quantitative estimate of drug-likeness (QED) is 0.400. The number of rotatable bonds is 5. The van der Waals surface area contributed by atoms with E-state index in [1.54, 1.807) is 18.5 Å². The molecule has 0 saturated carbocycles. The third-order valence-corrected chi connectivity index (χ3v) is 5.04. The first-order valence-corrected chi connectivity index (χ1v) is 9.68. The summed E-state index contributed by atoms with van der Waals surface area (Å²) < 4.78 is 16.1. The molecule has 1 saturated heterocycles. The van der Waals surface area contributed by atoms with Gasteiger partial charge in [-0.3, -0.25) is 4.98 Å². The van der Waals surface area contributed by atoms with Crippen molar-refractivity contribution in [3.05, 3.63) is 53.7 Å². The van der Waals surface area contributed by atoms with Gasteiger partial charge in [-0.05, 0) is 25.6 Å². The molecule has 4 aromatic rings. The zero-order chi connectivity index (χ0) is 20.5. The molecule has 1 aromatic carbocycles. The molecule has 1 aliphatic rings. The zero-order valence-corrected chi connectivity index (χ0v) is 16.3. The minimum absolute atomic E-state index is 0.0641. The predicted molar refractivity (Wildman–Crippen MR) is 108 cm³/mol. The molecule has 1 fully saturated rings. The van der Waals surface area contributed by atoms with Gasteiger partial charge in [0.25, 0.3) is 0 Å². The molecule has 152 valence electrons. The third kappa shape index (κ3) is 3.57. The van der Waals surface area contributed by atoms with E-state index in [0.29, 0.717) is 33.8 Å². The van der Waals surface area contributed by atoms with Crippen molar-refractivity contribution in [2.45, 2.75) is 26.0 Å². The number of benzene rings is 1. The molecule has 0 radical (unpaired) electrons. The van der Waals surface area contributed by atoms with Gasteiger partial charge < -0.3 is 10.2 Å². The fourth-order valence-electron chi connectivity index (χ4n) is 3.38. The summed E-state index contributed by atoms with van der Waals surface area (Å²) in [7, 11) is 0. The molecule has 0 spiro atoms. The minimum atomic E-state index is -0.356. The number of nitrogens with zero attached hydrogens (tertiary/aromatic N) is 7. The van der Waals surface area contributed by atoms with Gasteiger partial charge in [0, 0.05) is 36.2 Å². The molecule has 1 atom stereocenters. The number of nitrogens with one attached hydrogen (secondary N) is 1. The maximum Gasteiger partial charge on any atom is 0.221 e. The van der Waals surface area contributed by atoms with Gasteiger partial charge in [0.15, 0.2) is 5.65 Å². The van der Waals surface area contributed by atoms with Gasteiger partial charge in [-0.1, -0.05) is 16.4 Å². The number of pyridine rings is 1. The number of hydrogen-bond acceptors (Lipinski definition) is 8. The predicted octanol–water partition coefficient (Wildman–Crippen LogP) is 2.06. The van der Waals surface area contributed by atoms with E-state index < -0.39 is 0 Å². The van der Waals surface area contributed by atoms with Crippen LogP contribution in [0, 0.1) is 5.82 Å². The summed E-state index contributed by atoms with van der Waals surface area (Å²) in [6.07, 6.45) is 4.21. The van der Waals surface area contributed by atoms with Crippen LogP contribution in [-0.2, 0) is 11.4 Å². The molecule has 1 N–H and O–H groups in total. The lowest BCUT2D eigenvalue weighted by molar-refractivity contribution is 0.0735. The van der Waals surface area contributed by atoms with Crippen LogP contribution in [0.3, 0.4) is 0 Å². The summed E-state index contributed by atoms with van der Waals surface area (Å²) in [6, 6.07) is 6.90. The van der Waals surface area contributed by atoms with E-state index >= 15 is 0 Å². The van der Waals surface area contributed by atoms with E-state index in [2.05, 4.69) is 35.7 Å². The van der Waals surface area contributed by atoms with Crippen molar-refractivity contribution < 1.29 is 9.23 Å². The summed E-state index contributed by atoms with van der Waals surface area (Å²) in [6.45, 7) is 3.69. The standard InChI is InChI=1S/C20H19FN8O/c1-12(27-30-15-4-6-22-9-15)18-10-24-19-20(25-18)29(28-26-19)11-14-7-13-3-2-5-23-17(13)8-16(14)21/h2-3,5,7-8,10,15,22H,4,6,9,11H2,1H3/t15-/m1/s1. The maximum atomic E-state index is 14.6. The van der Waals surface area contributed by atoms with Crippen molar-refractivity contribution in [1.29, 1.82) is 0 Å². The minimum Gasteiger partial charge on any atom is -0.391 e. The Labute approximate surface area is 171 Å². The van der Waals surface area contributed by atoms with Crippen LogP contribution < -0.4 is 5.32 Å². The largest absolute Gasteiger partial charge is 0.391 e. The highest BCUT2D eigenvalue weighted by Gasteiger charge is 2.17. The van der Waals surface area contributed by atoms with Gasteiger partial charge in [-0.2, -0.15) is 0 Å². The van der Waals surface area contributed by atoms with Crippen LogP contribution in [0.4, 0.5) is 4.39 Å². The van der Waals surface area contributed by atoms with E-state index in [-0.39, 0.29) is 18.5 Å². The molecule has 3 aromatic heterocycles. The van der Waals surface area contributed by atoms with Crippen LogP contribution in [0.15, 0.2) is 41.8 Å². The van der Waals surface area contributed by atoms with Gasteiger partial charge in [-0.25, -0.2) is 19.0 Å². The average Bonchev–Trinajstić information content (AvgIpc) is 3.42. The van der Waals surface area contributed by atoms with Crippen LogP contribution in [0.1, 0.15) is 24.6 Å². The van der Waals surface area contributed by atoms with E-state index in [4.69, 9.17) is 4.84 Å². The highest BCUT2D eigenvalue weighted by atomic mass is 19.1. The SMILES string of the molecule is CC(=NO[C@@H]1CCNC1)c1cnc2nnn(Cc3cc4cccnc4cc3F)c2n1. The number of oxime groups is 1. The van der Waals surface area contributed by atoms with Gasteiger partial charge in [0.1, 0.15) is 23.3 Å². The molecular formula is C20H19FN8O. The van der Waals surface area contributed by atoms with Gasteiger partial charge in [0.2, 0.25) is 5.65 Å². The van der Waals surface area contributed by atoms with Gasteiger partial charge in [-0.15, -0.1) is 5.10 Å². The molecule has 0 bridgehead atoms. The Hall–Kier alpha value is -3.53. The molecule has 0 amide bonds. The molecular weight excluding hydrogens is 387 g/mol. The number of aromatic nitrogens is 6. The van der Waals surface area contributed by atoms with E-state index in [1.165, 1.54) is 10.7 Å². The lowest BCUT2D eigenvalue weighted by Crippen LogP contribution is -2.15. The van der Waals surface area contributed by atoms with Crippen LogP contribution in [0.5, 0.6) is 0 Å². The Morgan fingerprint density at radius 3 is 3.17 bits per heavy atom. The zero-order valence-electron chi connectivity index (χ0n) is 16.3. The van der Waals surface area contributed by atoms with Crippen LogP contribution in [0.2, 0.25) is 0 Å². The summed E-state index contributed by atoms with van der Waals surface area (Å²) in [5.74, 6) is -0.356. The second kappa shape index (κ2) is 7.71. The first-order chi connectivity index (χ1) is 14.7. The molecule has 5 rings (SSSR count). The number of halogens is 1. The summed E-state index contributed by atoms with van der Waals surface area (Å²) in [5, 5.41) is 16.4. The van der Waals surface area contributed by atoms with E-state index in [1.807, 2.05) is 19.1 Å². The first kappa shape index (κ1) is 18.5. The monoisotopic (exact) mass is 406 g/mol. The highest BCUT2D eigenvalue weighted by molar-refractivity contribution is 5.97. The van der Waals surface area contributed by atoms with Crippen molar-refractivity contribution in [2.75, 3.05) is 13.1 Å². The molecule has 9 nitrogen and oxygen atoms in total. The Bertz CT molecular complexity index is 1250. The third-order valence-electron chi connectivity index (χ3n) is 5.04. The highest BCUT2D eigenvalue weighted by Crippen LogP contribution is 2.19. The molecule has 1 aliphatic heterocycles. The Morgan fingerprint density at radius 2 is 2.30 bits per heavy atom. The molecule has 10 heteroatoms. The normalized spacial score (nSPS) is 17.1. The first-order valence-electron chi connectivity index (χ1n) is 9.68. The Balaban J connectivity index is 1.44. The molecule has 0 unspecified atom stereocenters. The van der Waals surface area contributed by atoms with Crippen LogP contribution >= 0.6 is 0 Å². The van der Waals surface area contributed by atoms with Crippen molar-refractivity contribution >= 4 is 27.9 Å². The molecule has 30 heavy (non-hydrogen) atoms. The number of hydrogen-bond donors (Lipinski definition) is 1. The van der Waals surface area contributed by atoms with Crippen molar-refractivity contribution in [3.63, 3.8) is 0 Å².